The van der Waals surface area contributed by atoms with Crippen molar-refractivity contribution >= 4 is 17.6 Å². The molecule has 2 atom stereocenters. The predicted octanol–water partition coefficient (Wildman–Crippen LogP) is 6.27. The number of hydrogen-bond acceptors (Lipinski definition) is 6. The zero-order valence-corrected chi connectivity index (χ0v) is 23.6. The molecule has 7 nitrogen and oxygen atoms in total. The van der Waals surface area contributed by atoms with Crippen LogP contribution in [0.1, 0.15) is 34.7 Å². The summed E-state index contributed by atoms with van der Waals surface area (Å²) in [5, 5.41) is 31.7. The second-order valence-electron chi connectivity index (χ2n) is 9.67. The third-order valence-corrected chi connectivity index (χ3v) is 7.04. The van der Waals surface area contributed by atoms with Gasteiger partial charge >= 0.3 is 5.97 Å². The Morgan fingerprint density at radius 3 is 2.39 bits per heavy atom. The number of carboxylic acid groups (broad SMARTS) is 1. The number of aliphatic hydroxyl groups is 1. The second kappa shape index (κ2) is 13.8. The number of carboxylic acids is 1. The van der Waals surface area contributed by atoms with Gasteiger partial charge in [-0.15, -0.1) is 0 Å². The molecule has 3 N–H and O–H groups in total. The van der Waals surface area contributed by atoms with Crippen molar-refractivity contribution in [2.45, 2.75) is 45.8 Å². The number of nitrogens with one attached hydrogen (secondary N) is 1. The van der Waals surface area contributed by atoms with E-state index in [0.717, 1.165) is 27.8 Å². The first-order chi connectivity index (χ1) is 19.8. The largest absolute Gasteiger partial charge is 0.488 e. The molecular weight excluding hydrogens is 540 g/mol. The van der Waals surface area contributed by atoms with E-state index < -0.39 is 18.1 Å². The van der Waals surface area contributed by atoms with E-state index in [4.69, 9.17) is 21.1 Å². The quantitative estimate of drug-likeness (QED) is 0.184. The van der Waals surface area contributed by atoms with E-state index in [-0.39, 0.29) is 19.8 Å². The summed E-state index contributed by atoms with van der Waals surface area (Å²) in [6, 6.07) is 27.6. The number of benzene rings is 4. The molecule has 0 amide bonds. The Kier molecular flexibility index (Phi) is 9.99. The van der Waals surface area contributed by atoms with Crippen LogP contribution in [0.2, 0.25) is 5.02 Å². The topological polar surface area (TPSA) is 112 Å². The summed E-state index contributed by atoms with van der Waals surface area (Å²) in [6.07, 6.45) is -1.11. The molecule has 8 heteroatoms. The van der Waals surface area contributed by atoms with E-state index in [9.17, 15) is 20.3 Å². The first kappa shape index (κ1) is 29.6. The van der Waals surface area contributed by atoms with Crippen molar-refractivity contribution < 1.29 is 24.5 Å². The van der Waals surface area contributed by atoms with Crippen molar-refractivity contribution in [1.29, 1.82) is 5.26 Å². The Morgan fingerprint density at radius 1 is 0.951 bits per heavy atom. The molecule has 0 unspecified atom stereocenters. The maximum atomic E-state index is 11.6. The monoisotopic (exact) mass is 570 g/mol. The molecule has 0 radical (unpaired) electrons. The number of hydrogen-bond donors (Lipinski definition) is 3. The molecule has 210 valence electrons. The van der Waals surface area contributed by atoms with Crippen LogP contribution in [0, 0.1) is 18.3 Å². The van der Waals surface area contributed by atoms with Gasteiger partial charge in [0.25, 0.3) is 0 Å². The van der Waals surface area contributed by atoms with Gasteiger partial charge < -0.3 is 19.7 Å². The van der Waals surface area contributed by atoms with Crippen molar-refractivity contribution in [2.24, 2.45) is 0 Å². The van der Waals surface area contributed by atoms with Gasteiger partial charge in [0.15, 0.2) is 0 Å². The Balaban J connectivity index is 1.59. The highest BCUT2D eigenvalue weighted by Gasteiger charge is 2.23. The zero-order chi connectivity index (χ0) is 29.4. The summed E-state index contributed by atoms with van der Waals surface area (Å²) in [5.74, 6) is -0.329. The van der Waals surface area contributed by atoms with E-state index in [1.807, 2.05) is 36.4 Å². The van der Waals surface area contributed by atoms with Gasteiger partial charge in [0.1, 0.15) is 30.8 Å². The van der Waals surface area contributed by atoms with Gasteiger partial charge in [0.2, 0.25) is 0 Å². The Labute approximate surface area is 244 Å². The summed E-state index contributed by atoms with van der Waals surface area (Å²) in [7, 11) is 0. The van der Waals surface area contributed by atoms with Gasteiger partial charge in [-0.25, -0.2) is 0 Å². The van der Waals surface area contributed by atoms with Gasteiger partial charge in [-0.2, -0.15) is 5.26 Å². The molecule has 41 heavy (non-hydrogen) atoms. The van der Waals surface area contributed by atoms with Crippen molar-refractivity contribution in [2.75, 3.05) is 0 Å². The lowest BCUT2D eigenvalue weighted by atomic mass is 9.97. The highest BCUT2D eigenvalue weighted by molar-refractivity contribution is 6.32. The first-order valence-corrected chi connectivity index (χ1v) is 13.5. The Hall–Kier alpha value is -4.35. The highest BCUT2D eigenvalue weighted by Crippen LogP contribution is 2.35. The van der Waals surface area contributed by atoms with Crippen LogP contribution in [0.5, 0.6) is 11.5 Å². The molecular formula is C33H31ClN2O5. The lowest BCUT2D eigenvalue weighted by Crippen LogP contribution is -2.44. The Bertz CT molecular complexity index is 1550. The van der Waals surface area contributed by atoms with Gasteiger partial charge in [0, 0.05) is 18.2 Å². The molecule has 0 fully saturated rings. The minimum absolute atomic E-state index is 0.0770. The molecule has 4 aromatic carbocycles. The number of nitrogens with zero attached hydrogens (tertiary/aromatic N) is 1. The minimum atomic E-state index is -1.18. The maximum absolute atomic E-state index is 11.6. The number of halogens is 1. The number of rotatable bonds is 12. The summed E-state index contributed by atoms with van der Waals surface area (Å²) in [4.78, 5) is 11.6. The molecule has 0 aliphatic heterocycles. The van der Waals surface area contributed by atoms with Crippen LogP contribution in [-0.2, 0) is 24.6 Å². The van der Waals surface area contributed by atoms with Crippen molar-refractivity contribution in [3.8, 4) is 28.7 Å². The second-order valence-corrected chi connectivity index (χ2v) is 10.1. The molecule has 0 aliphatic carbocycles. The predicted molar refractivity (Wildman–Crippen MR) is 158 cm³/mol. The molecule has 0 spiro atoms. The number of nitriles is 1. The van der Waals surface area contributed by atoms with Crippen LogP contribution >= 0.6 is 11.6 Å². The Morgan fingerprint density at radius 2 is 1.68 bits per heavy atom. The van der Waals surface area contributed by atoms with E-state index in [1.165, 1.54) is 6.92 Å². The van der Waals surface area contributed by atoms with Crippen LogP contribution in [0.15, 0.2) is 84.9 Å². The third kappa shape index (κ3) is 7.65. The van der Waals surface area contributed by atoms with E-state index in [2.05, 4.69) is 36.5 Å². The minimum Gasteiger partial charge on any atom is -0.488 e. The maximum Gasteiger partial charge on any atom is 0.323 e. The normalized spacial score (nSPS) is 12.3. The fraction of sp³-hybridized carbons (Fsp3) is 0.212. The van der Waals surface area contributed by atoms with Gasteiger partial charge in [-0.3, -0.25) is 10.1 Å². The summed E-state index contributed by atoms with van der Waals surface area (Å²) >= 11 is 6.62. The molecule has 0 heterocycles. The fourth-order valence-electron chi connectivity index (χ4n) is 4.46. The fourth-order valence-corrected chi connectivity index (χ4v) is 4.70. The summed E-state index contributed by atoms with van der Waals surface area (Å²) in [5.41, 5.74) is 6.24. The molecule has 4 rings (SSSR count). The van der Waals surface area contributed by atoms with E-state index >= 15 is 0 Å². The first-order valence-electron chi connectivity index (χ1n) is 13.1. The summed E-state index contributed by atoms with van der Waals surface area (Å²) < 4.78 is 12.3. The van der Waals surface area contributed by atoms with Crippen LogP contribution in [0.25, 0.3) is 11.1 Å². The number of ether oxygens (including phenoxy) is 2. The molecule has 0 bridgehead atoms. The molecule has 0 saturated carbocycles. The van der Waals surface area contributed by atoms with Crippen LogP contribution in [-0.4, -0.2) is 28.3 Å². The molecule has 4 aromatic rings. The average Bonchev–Trinajstić information content (AvgIpc) is 2.97. The smallest absolute Gasteiger partial charge is 0.323 e. The molecule has 0 aliphatic rings. The number of aliphatic hydroxyl groups excluding tert-OH is 1. The lowest BCUT2D eigenvalue weighted by Gasteiger charge is -2.20. The van der Waals surface area contributed by atoms with Crippen molar-refractivity contribution in [1.82, 2.24) is 5.32 Å². The SMILES string of the molecule is Cc1c(COc2cc(OCc3cccc(C#N)c3)c(CN[C@H](C(=O)O)[C@@H](C)O)cc2Cl)cccc1-c1ccccc1. The van der Waals surface area contributed by atoms with Gasteiger partial charge in [-0.05, 0) is 59.9 Å². The molecule has 0 aromatic heterocycles. The van der Waals surface area contributed by atoms with E-state index in [0.29, 0.717) is 27.6 Å². The standard InChI is InChI=1S/C33H31ClN2O5/c1-21-26(12-7-13-28(21)25-10-4-3-5-11-25)20-41-31-16-30(40-19-24-9-6-8-23(14-24)17-35)27(15-29(31)34)18-36-32(22(2)37)33(38)39/h3-16,22,32,36-37H,18-20H2,1-2H3,(H,38,39)/t22-,32+/m1/s1. The van der Waals surface area contributed by atoms with Gasteiger partial charge in [0.05, 0.1) is 22.8 Å². The number of aliphatic carboxylic acids is 1. The highest BCUT2D eigenvalue weighted by atomic mass is 35.5. The van der Waals surface area contributed by atoms with Crippen molar-refractivity contribution in [3.05, 3.63) is 118 Å². The van der Waals surface area contributed by atoms with E-state index in [1.54, 1.807) is 30.3 Å². The van der Waals surface area contributed by atoms with Crippen LogP contribution in [0.4, 0.5) is 0 Å². The third-order valence-electron chi connectivity index (χ3n) is 6.74. The average molecular weight is 571 g/mol. The zero-order valence-electron chi connectivity index (χ0n) is 22.8. The summed E-state index contributed by atoms with van der Waals surface area (Å²) in [6.45, 7) is 3.98. The number of carbonyl (C=O) groups is 1. The lowest BCUT2D eigenvalue weighted by molar-refractivity contribution is -0.142. The molecule has 0 saturated heterocycles. The van der Waals surface area contributed by atoms with Crippen molar-refractivity contribution in [3.63, 3.8) is 0 Å². The van der Waals surface area contributed by atoms with Crippen LogP contribution < -0.4 is 14.8 Å². The van der Waals surface area contributed by atoms with Gasteiger partial charge in [-0.1, -0.05) is 72.3 Å². The van der Waals surface area contributed by atoms with Crippen LogP contribution in [0.3, 0.4) is 0 Å².